The highest BCUT2D eigenvalue weighted by molar-refractivity contribution is 5.92. The Morgan fingerprint density at radius 3 is 2.85 bits per heavy atom. The molecule has 2 aromatic heterocycles. The van der Waals surface area contributed by atoms with Crippen LogP contribution in [0.15, 0.2) is 48.9 Å². The van der Waals surface area contributed by atoms with E-state index in [1.807, 2.05) is 35.0 Å². The number of hydrogen-bond acceptors (Lipinski definition) is 5. The van der Waals surface area contributed by atoms with Gasteiger partial charge in [0.2, 0.25) is 0 Å². The number of likely N-dealkylation sites (tertiary alicyclic amines) is 1. The molecule has 6 nitrogen and oxygen atoms in total. The topological polar surface area (TPSA) is 62.2 Å². The van der Waals surface area contributed by atoms with E-state index in [9.17, 15) is 4.79 Å². The summed E-state index contributed by atoms with van der Waals surface area (Å²) in [7, 11) is 1.96. The SMILES string of the molecule is CN(Cc1cccc2ncccc12)c1cncc(C(=O)N2CCCC2)n1. The summed E-state index contributed by atoms with van der Waals surface area (Å²) in [4.78, 5) is 29.6. The van der Waals surface area contributed by atoms with Crippen LogP contribution in [0.5, 0.6) is 0 Å². The van der Waals surface area contributed by atoms with Crippen LogP contribution in [-0.4, -0.2) is 45.9 Å². The number of benzene rings is 1. The van der Waals surface area contributed by atoms with Gasteiger partial charge in [0.1, 0.15) is 11.5 Å². The fraction of sp³-hybridized carbons (Fsp3) is 0.300. The molecule has 0 spiro atoms. The van der Waals surface area contributed by atoms with Crippen molar-refractivity contribution >= 4 is 22.6 Å². The van der Waals surface area contributed by atoms with Crippen LogP contribution in [0.3, 0.4) is 0 Å². The Labute approximate surface area is 152 Å². The number of pyridine rings is 1. The first-order valence-corrected chi connectivity index (χ1v) is 8.87. The van der Waals surface area contributed by atoms with Crippen LogP contribution in [0.4, 0.5) is 5.82 Å². The zero-order valence-corrected chi connectivity index (χ0v) is 14.8. The van der Waals surface area contributed by atoms with Crippen molar-refractivity contribution in [2.24, 2.45) is 0 Å². The summed E-state index contributed by atoms with van der Waals surface area (Å²) >= 11 is 0. The van der Waals surface area contributed by atoms with E-state index < -0.39 is 0 Å². The molecule has 3 heterocycles. The Kier molecular flexibility index (Phi) is 4.48. The molecular weight excluding hydrogens is 326 g/mol. The number of amides is 1. The van der Waals surface area contributed by atoms with E-state index in [1.54, 1.807) is 18.6 Å². The van der Waals surface area contributed by atoms with Gasteiger partial charge in [0.25, 0.3) is 5.91 Å². The molecule has 0 radical (unpaired) electrons. The van der Waals surface area contributed by atoms with Crippen LogP contribution in [0.1, 0.15) is 28.9 Å². The molecule has 1 amide bonds. The average Bonchev–Trinajstić information content (AvgIpc) is 3.22. The summed E-state index contributed by atoms with van der Waals surface area (Å²) in [5.74, 6) is 0.663. The second-order valence-corrected chi connectivity index (χ2v) is 6.61. The number of carbonyl (C=O) groups is 1. The van der Waals surface area contributed by atoms with Crippen molar-refractivity contribution in [2.45, 2.75) is 19.4 Å². The third-order valence-corrected chi connectivity index (χ3v) is 4.77. The number of carbonyl (C=O) groups excluding carboxylic acids is 1. The van der Waals surface area contributed by atoms with Gasteiger partial charge < -0.3 is 9.80 Å². The Morgan fingerprint density at radius 2 is 2.00 bits per heavy atom. The lowest BCUT2D eigenvalue weighted by atomic mass is 10.1. The van der Waals surface area contributed by atoms with Gasteiger partial charge in [-0.05, 0) is 30.5 Å². The maximum atomic E-state index is 12.6. The van der Waals surface area contributed by atoms with Crippen molar-refractivity contribution in [1.29, 1.82) is 0 Å². The lowest BCUT2D eigenvalue weighted by Crippen LogP contribution is -2.29. The molecule has 0 aliphatic carbocycles. The van der Waals surface area contributed by atoms with Crippen molar-refractivity contribution in [3.63, 3.8) is 0 Å². The molecule has 1 saturated heterocycles. The van der Waals surface area contributed by atoms with Gasteiger partial charge in [-0.15, -0.1) is 0 Å². The fourth-order valence-electron chi connectivity index (χ4n) is 3.37. The summed E-state index contributed by atoms with van der Waals surface area (Å²) in [6, 6.07) is 10.1. The number of hydrogen-bond donors (Lipinski definition) is 0. The zero-order chi connectivity index (χ0) is 17.9. The highest BCUT2D eigenvalue weighted by atomic mass is 16.2. The van der Waals surface area contributed by atoms with E-state index in [4.69, 9.17) is 0 Å². The summed E-state index contributed by atoms with van der Waals surface area (Å²) in [5.41, 5.74) is 2.55. The maximum absolute atomic E-state index is 12.6. The van der Waals surface area contributed by atoms with Crippen LogP contribution < -0.4 is 4.90 Å². The quantitative estimate of drug-likeness (QED) is 0.726. The normalized spacial score (nSPS) is 14.0. The monoisotopic (exact) mass is 347 g/mol. The van der Waals surface area contributed by atoms with Gasteiger partial charge in [-0.2, -0.15) is 0 Å². The lowest BCUT2D eigenvalue weighted by Gasteiger charge is -2.20. The van der Waals surface area contributed by atoms with Crippen molar-refractivity contribution < 1.29 is 4.79 Å². The van der Waals surface area contributed by atoms with Gasteiger partial charge in [-0.3, -0.25) is 14.8 Å². The minimum absolute atomic E-state index is 0.0281. The zero-order valence-electron chi connectivity index (χ0n) is 14.8. The Balaban J connectivity index is 1.57. The van der Waals surface area contributed by atoms with Gasteiger partial charge in [-0.1, -0.05) is 18.2 Å². The molecule has 0 N–H and O–H groups in total. The van der Waals surface area contributed by atoms with Crippen molar-refractivity contribution in [1.82, 2.24) is 19.9 Å². The van der Waals surface area contributed by atoms with Crippen LogP contribution in [0.2, 0.25) is 0 Å². The molecule has 0 bridgehead atoms. The molecule has 0 atom stereocenters. The second-order valence-electron chi connectivity index (χ2n) is 6.61. The molecular formula is C20H21N5O. The molecule has 4 rings (SSSR count). The summed E-state index contributed by atoms with van der Waals surface area (Å²) < 4.78 is 0. The van der Waals surface area contributed by atoms with E-state index in [1.165, 1.54) is 0 Å². The standard InChI is InChI=1S/C20H21N5O/c1-24(14-15-6-4-8-17-16(15)7-5-9-22-17)19-13-21-12-18(23-19)20(26)25-10-2-3-11-25/h4-9,12-13H,2-3,10-11,14H2,1H3. The average molecular weight is 347 g/mol. The first-order chi connectivity index (χ1) is 12.7. The Morgan fingerprint density at radius 1 is 1.15 bits per heavy atom. The molecule has 3 aromatic rings. The van der Waals surface area contributed by atoms with Gasteiger partial charge in [-0.25, -0.2) is 4.98 Å². The molecule has 132 valence electrons. The Bertz CT molecular complexity index is 931. The highest BCUT2D eigenvalue weighted by Gasteiger charge is 2.21. The van der Waals surface area contributed by atoms with Crippen molar-refractivity contribution in [2.75, 3.05) is 25.0 Å². The third-order valence-electron chi connectivity index (χ3n) is 4.77. The maximum Gasteiger partial charge on any atom is 0.274 e. The van der Waals surface area contributed by atoms with E-state index >= 15 is 0 Å². The van der Waals surface area contributed by atoms with Crippen LogP contribution in [0.25, 0.3) is 10.9 Å². The fourth-order valence-corrected chi connectivity index (χ4v) is 3.37. The second kappa shape index (κ2) is 7.07. The van der Waals surface area contributed by atoms with Crippen LogP contribution >= 0.6 is 0 Å². The minimum Gasteiger partial charge on any atom is -0.354 e. The molecule has 1 aliphatic rings. The van der Waals surface area contributed by atoms with Gasteiger partial charge in [0.05, 0.1) is 17.9 Å². The minimum atomic E-state index is -0.0281. The molecule has 0 unspecified atom stereocenters. The first kappa shape index (κ1) is 16.4. The van der Waals surface area contributed by atoms with Crippen molar-refractivity contribution in [3.8, 4) is 0 Å². The predicted molar refractivity (Wildman–Crippen MR) is 101 cm³/mol. The number of anilines is 1. The summed E-state index contributed by atoms with van der Waals surface area (Å²) in [5, 5.41) is 1.12. The van der Waals surface area contributed by atoms with E-state index in [0.29, 0.717) is 18.1 Å². The number of nitrogens with zero attached hydrogens (tertiary/aromatic N) is 5. The lowest BCUT2D eigenvalue weighted by molar-refractivity contribution is 0.0786. The van der Waals surface area contributed by atoms with E-state index in [2.05, 4.69) is 27.1 Å². The van der Waals surface area contributed by atoms with Crippen molar-refractivity contribution in [3.05, 3.63) is 60.2 Å². The Hall–Kier alpha value is -3.02. The van der Waals surface area contributed by atoms with Crippen LogP contribution in [0, 0.1) is 0 Å². The highest BCUT2D eigenvalue weighted by Crippen LogP contribution is 2.20. The third kappa shape index (κ3) is 3.22. The van der Waals surface area contributed by atoms with E-state index in [-0.39, 0.29) is 5.91 Å². The summed E-state index contributed by atoms with van der Waals surface area (Å²) in [6.07, 6.45) is 7.18. The first-order valence-electron chi connectivity index (χ1n) is 8.87. The molecule has 1 fully saturated rings. The molecule has 0 saturated carbocycles. The van der Waals surface area contributed by atoms with Gasteiger partial charge in [0, 0.05) is 38.3 Å². The number of aromatic nitrogens is 3. The molecule has 26 heavy (non-hydrogen) atoms. The largest absolute Gasteiger partial charge is 0.354 e. The van der Waals surface area contributed by atoms with Gasteiger partial charge >= 0.3 is 0 Å². The number of rotatable bonds is 4. The predicted octanol–water partition coefficient (Wildman–Crippen LogP) is 2.90. The van der Waals surface area contributed by atoms with Gasteiger partial charge in [0.15, 0.2) is 0 Å². The number of fused-ring (bicyclic) bond motifs is 1. The molecule has 1 aromatic carbocycles. The van der Waals surface area contributed by atoms with Crippen LogP contribution in [-0.2, 0) is 6.54 Å². The smallest absolute Gasteiger partial charge is 0.274 e. The van der Waals surface area contributed by atoms with E-state index in [0.717, 1.165) is 42.4 Å². The summed E-state index contributed by atoms with van der Waals surface area (Å²) in [6.45, 7) is 2.28. The molecule has 6 heteroatoms. The molecule has 1 aliphatic heterocycles.